The van der Waals surface area contributed by atoms with Crippen LogP contribution in [0.2, 0.25) is 0 Å². The van der Waals surface area contributed by atoms with E-state index in [1.165, 1.54) is 5.56 Å². The van der Waals surface area contributed by atoms with Crippen molar-refractivity contribution >= 4 is 17.1 Å². The van der Waals surface area contributed by atoms with Crippen LogP contribution in [0.4, 0.5) is 17.1 Å². The van der Waals surface area contributed by atoms with E-state index < -0.39 is 0 Å². The van der Waals surface area contributed by atoms with Gasteiger partial charge in [0.25, 0.3) is 0 Å². The number of aryl methyl sites for hydroxylation is 1. The van der Waals surface area contributed by atoms with Crippen LogP contribution in [0, 0.1) is 6.92 Å². The fourth-order valence-electron chi connectivity index (χ4n) is 2.58. The van der Waals surface area contributed by atoms with Gasteiger partial charge in [-0.05, 0) is 48.9 Å². The SMILES string of the molecule is COc1cc(C)cc(N(c2ccccc2)c2ccccc2)c1. The lowest BCUT2D eigenvalue weighted by molar-refractivity contribution is 0.414. The van der Waals surface area contributed by atoms with Crippen molar-refractivity contribution in [3.63, 3.8) is 0 Å². The molecule has 22 heavy (non-hydrogen) atoms. The summed E-state index contributed by atoms with van der Waals surface area (Å²) in [6.07, 6.45) is 0. The highest BCUT2D eigenvalue weighted by Crippen LogP contribution is 2.36. The number of rotatable bonds is 4. The Hall–Kier alpha value is -2.74. The van der Waals surface area contributed by atoms with Crippen LogP contribution >= 0.6 is 0 Å². The minimum Gasteiger partial charge on any atom is -0.497 e. The number of methoxy groups -OCH3 is 1. The lowest BCUT2D eigenvalue weighted by Crippen LogP contribution is -2.10. The van der Waals surface area contributed by atoms with Gasteiger partial charge in [0, 0.05) is 17.4 Å². The Morgan fingerprint density at radius 1 is 0.682 bits per heavy atom. The van der Waals surface area contributed by atoms with Gasteiger partial charge < -0.3 is 9.64 Å². The maximum Gasteiger partial charge on any atom is 0.121 e. The fraction of sp³-hybridized carbons (Fsp3) is 0.100. The Labute approximate surface area is 131 Å². The highest BCUT2D eigenvalue weighted by Gasteiger charge is 2.13. The third-order valence-corrected chi connectivity index (χ3v) is 3.56. The van der Waals surface area contributed by atoms with Crippen molar-refractivity contribution in [1.29, 1.82) is 0 Å². The minimum atomic E-state index is 0.867. The maximum atomic E-state index is 5.43. The van der Waals surface area contributed by atoms with Crippen molar-refractivity contribution in [1.82, 2.24) is 0 Å². The van der Waals surface area contributed by atoms with E-state index in [-0.39, 0.29) is 0 Å². The number of hydrogen-bond donors (Lipinski definition) is 0. The van der Waals surface area contributed by atoms with Crippen molar-refractivity contribution in [3.05, 3.63) is 84.4 Å². The standard InChI is InChI=1S/C20H19NO/c1-16-13-19(15-20(14-16)22-2)21(17-9-5-3-6-10-17)18-11-7-4-8-12-18/h3-15H,1-2H3. The fourth-order valence-corrected chi connectivity index (χ4v) is 2.58. The molecule has 0 bridgehead atoms. The molecule has 0 saturated heterocycles. The number of benzene rings is 3. The zero-order valence-electron chi connectivity index (χ0n) is 12.9. The van der Waals surface area contributed by atoms with Crippen molar-refractivity contribution in [2.24, 2.45) is 0 Å². The molecule has 110 valence electrons. The summed E-state index contributed by atoms with van der Waals surface area (Å²) in [4.78, 5) is 2.23. The first-order valence-electron chi connectivity index (χ1n) is 7.34. The van der Waals surface area contributed by atoms with Gasteiger partial charge in [-0.1, -0.05) is 36.4 Å². The Balaban J connectivity index is 2.16. The molecule has 0 aromatic heterocycles. The summed E-state index contributed by atoms with van der Waals surface area (Å²) in [7, 11) is 1.70. The maximum absolute atomic E-state index is 5.43. The highest BCUT2D eigenvalue weighted by atomic mass is 16.5. The zero-order chi connectivity index (χ0) is 15.4. The first-order chi connectivity index (χ1) is 10.8. The minimum absolute atomic E-state index is 0.867. The second-order valence-electron chi connectivity index (χ2n) is 5.21. The average Bonchev–Trinajstić information content (AvgIpc) is 2.56. The smallest absolute Gasteiger partial charge is 0.121 e. The molecule has 3 rings (SSSR count). The van der Waals surface area contributed by atoms with Crippen LogP contribution in [0.1, 0.15) is 5.56 Å². The van der Waals surface area contributed by atoms with E-state index >= 15 is 0 Å². The summed E-state index contributed by atoms with van der Waals surface area (Å²) in [6.45, 7) is 2.08. The molecule has 0 fully saturated rings. The Morgan fingerprint density at radius 3 is 1.73 bits per heavy atom. The Bertz CT molecular complexity index is 699. The van der Waals surface area contributed by atoms with E-state index in [1.54, 1.807) is 7.11 Å². The average molecular weight is 289 g/mol. The van der Waals surface area contributed by atoms with Crippen LogP contribution in [0.5, 0.6) is 5.75 Å². The van der Waals surface area contributed by atoms with E-state index in [4.69, 9.17) is 4.74 Å². The van der Waals surface area contributed by atoms with Gasteiger partial charge in [0.15, 0.2) is 0 Å². The van der Waals surface area contributed by atoms with Gasteiger partial charge in [-0.2, -0.15) is 0 Å². The zero-order valence-corrected chi connectivity index (χ0v) is 12.9. The first kappa shape index (κ1) is 14.2. The molecule has 0 heterocycles. The van der Waals surface area contributed by atoms with Crippen LogP contribution in [-0.2, 0) is 0 Å². The largest absolute Gasteiger partial charge is 0.497 e. The molecular weight excluding hydrogens is 270 g/mol. The van der Waals surface area contributed by atoms with Gasteiger partial charge in [0.2, 0.25) is 0 Å². The van der Waals surface area contributed by atoms with Crippen molar-refractivity contribution in [3.8, 4) is 5.75 Å². The van der Waals surface area contributed by atoms with Crippen LogP contribution in [0.25, 0.3) is 0 Å². The number of ether oxygens (including phenoxy) is 1. The number of nitrogens with zero attached hydrogens (tertiary/aromatic N) is 1. The van der Waals surface area contributed by atoms with Crippen LogP contribution in [-0.4, -0.2) is 7.11 Å². The topological polar surface area (TPSA) is 12.5 Å². The highest BCUT2D eigenvalue weighted by molar-refractivity contribution is 5.77. The van der Waals surface area contributed by atoms with E-state index in [0.717, 1.165) is 22.8 Å². The molecule has 0 aliphatic rings. The van der Waals surface area contributed by atoms with Gasteiger partial charge in [-0.15, -0.1) is 0 Å². The number of para-hydroxylation sites is 2. The van der Waals surface area contributed by atoms with Crippen molar-refractivity contribution in [2.75, 3.05) is 12.0 Å². The summed E-state index contributed by atoms with van der Waals surface area (Å²) in [6, 6.07) is 27.0. The van der Waals surface area contributed by atoms with Gasteiger partial charge in [-0.25, -0.2) is 0 Å². The van der Waals surface area contributed by atoms with Crippen LogP contribution < -0.4 is 9.64 Å². The molecule has 0 atom stereocenters. The molecule has 0 unspecified atom stereocenters. The summed E-state index contributed by atoms with van der Waals surface area (Å²) in [5.74, 6) is 0.867. The summed E-state index contributed by atoms with van der Waals surface area (Å²) in [5.41, 5.74) is 4.52. The molecule has 0 N–H and O–H groups in total. The van der Waals surface area contributed by atoms with Crippen molar-refractivity contribution in [2.45, 2.75) is 6.92 Å². The van der Waals surface area contributed by atoms with Crippen LogP contribution in [0.3, 0.4) is 0 Å². The molecule has 2 nitrogen and oxygen atoms in total. The van der Waals surface area contributed by atoms with E-state index in [0.29, 0.717) is 0 Å². The van der Waals surface area contributed by atoms with E-state index in [1.807, 2.05) is 18.2 Å². The molecule has 0 spiro atoms. The third kappa shape index (κ3) is 2.96. The molecule has 0 amide bonds. The molecule has 0 saturated carbocycles. The first-order valence-corrected chi connectivity index (χ1v) is 7.34. The van der Waals surface area contributed by atoms with Gasteiger partial charge in [-0.3, -0.25) is 0 Å². The molecule has 0 aliphatic heterocycles. The second kappa shape index (κ2) is 6.35. The molecule has 0 aliphatic carbocycles. The lowest BCUT2D eigenvalue weighted by Gasteiger charge is -2.26. The number of anilines is 3. The Kier molecular flexibility index (Phi) is 4.10. The molecule has 3 aromatic carbocycles. The van der Waals surface area contributed by atoms with Crippen LogP contribution in [0.15, 0.2) is 78.9 Å². The van der Waals surface area contributed by atoms with Gasteiger partial charge >= 0.3 is 0 Å². The van der Waals surface area contributed by atoms with Crippen molar-refractivity contribution < 1.29 is 4.74 Å². The molecular formula is C20H19NO. The van der Waals surface area contributed by atoms with E-state index in [9.17, 15) is 0 Å². The lowest BCUT2D eigenvalue weighted by atomic mass is 10.1. The number of hydrogen-bond acceptors (Lipinski definition) is 2. The van der Waals surface area contributed by atoms with Gasteiger partial charge in [0.05, 0.1) is 12.8 Å². The predicted molar refractivity (Wildman–Crippen MR) is 92.4 cm³/mol. The second-order valence-corrected chi connectivity index (χ2v) is 5.21. The molecule has 2 heteroatoms. The van der Waals surface area contributed by atoms with E-state index in [2.05, 4.69) is 72.5 Å². The third-order valence-electron chi connectivity index (χ3n) is 3.56. The predicted octanol–water partition coefficient (Wildman–Crippen LogP) is 5.47. The van der Waals surface area contributed by atoms with Gasteiger partial charge in [0.1, 0.15) is 5.75 Å². The summed E-state index contributed by atoms with van der Waals surface area (Å²) < 4.78 is 5.43. The molecule has 0 radical (unpaired) electrons. The quantitative estimate of drug-likeness (QED) is 0.631. The normalized spacial score (nSPS) is 10.3. The summed E-state index contributed by atoms with van der Waals surface area (Å²) in [5, 5.41) is 0. The summed E-state index contributed by atoms with van der Waals surface area (Å²) >= 11 is 0. The monoisotopic (exact) mass is 289 g/mol. The molecule has 3 aromatic rings. The Morgan fingerprint density at radius 2 is 1.23 bits per heavy atom.